The van der Waals surface area contributed by atoms with Crippen LogP contribution in [-0.2, 0) is 9.59 Å². The topological polar surface area (TPSA) is 52.7 Å². The highest BCUT2D eigenvalue weighted by Gasteiger charge is 2.36. The number of piperazine rings is 1. The Morgan fingerprint density at radius 2 is 1.90 bits per heavy atom. The molecule has 1 unspecified atom stereocenters. The van der Waals surface area contributed by atoms with Gasteiger partial charge in [0.1, 0.15) is 6.04 Å². The van der Waals surface area contributed by atoms with E-state index in [1.165, 1.54) is 0 Å². The molecule has 2 rings (SSSR count). The molecule has 2 heterocycles. The number of nitrogens with zero attached hydrogens (tertiary/aromatic N) is 2. The lowest BCUT2D eigenvalue weighted by atomic mass is 10.1. The largest absolute Gasteiger partial charge is 0.338 e. The molecule has 5 nitrogen and oxygen atoms in total. The Kier molecular flexibility index (Phi) is 5.83. The van der Waals surface area contributed by atoms with Crippen molar-refractivity contribution in [2.45, 2.75) is 51.5 Å². The third-order valence-corrected chi connectivity index (χ3v) is 4.28. The highest BCUT2D eigenvalue weighted by Crippen LogP contribution is 2.21. The first kappa shape index (κ1) is 15.3. The summed E-state index contributed by atoms with van der Waals surface area (Å²) in [7, 11) is 0. The number of nitrogens with one attached hydrogen (secondary N) is 1. The standard InChI is InChI=1S/C15H27N3O2/c1-2-3-4-7-14(19)18-10-5-6-13(18)15(20)17-11-8-16-9-12-17/h13,16H,2-12H2,1H3. The lowest BCUT2D eigenvalue weighted by molar-refractivity contribution is -0.144. The van der Waals surface area contributed by atoms with Gasteiger partial charge < -0.3 is 15.1 Å². The fourth-order valence-electron chi connectivity index (χ4n) is 3.09. The molecule has 0 radical (unpaired) electrons. The molecular formula is C15H27N3O2. The smallest absolute Gasteiger partial charge is 0.245 e. The summed E-state index contributed by atoms with van der Waals surface area (Å²) in [5.41, 5.74) is 0. The first-order valence-electron chi connectivity index (χ1n) is 8.03. The van der Waals surface area contributed by atoms with Gasteiger partial charge in [0, 0.05) is 39.1 Å². The number of rotatable bonds is 5. The molecule has 2 aliphatic heterocycles. The van der Waals surface area contributed by atoms with Crippen LogP contribution in [0, 0.1) is 0 Å². The maximum Gasteiger partial charge on any atom is 0.245 e. The van der Waals surface area contributed by atoms with E-state index in [1.807, 2.05) is 9.80 Å². The maximum atomic E-state index is 12.5. The Morgan fingerprint density at radius 3 is 2.60 bits per heavy atom. The zero-order valence-electron chi connectivity index (χ0n) is 12.6. The summed E-state index contributed by atoms with van der Waals surface area (Å²) in [4.78, 5) is 28.6. The minimum atomic E-state index is -0.192. The number of carbonyl (C=O) groups excluding carboxylic acids is 2. The quantitative estimate of drug-likeness (QED) is 0.765. The van der Waals surface area contributed by atoms with Crippen molar-refractivity contribution >= 4 is 11.8 Å². The van der Waals surface area contributed by atoms with Crippen LogP contribution >= 0.6 is 0 Å². The van der Waals surface area contributed by atoms with E-state index in [1.54, 1.807) is 0 Å². The van der Waals surface area contributed by atoms with Gasteiger partial charge in [-0.3, -0.25) is 9.59 Å². The molecule has 1 atom stereocenters. The van der Waals surface area contributed by atoms with Gasteiger partial charge >= 0.3 is 0 Å². The van der Waals surface area contributed by atoms with Gasteiger partial charge in [0.2, 0.25) is 11.8 Å². The van der Waals surface area contributed by atoms with Gasteiger partial charge in [-0.2, -0.15) is 0 Å². The minimum Gasteiger partial charge on any atom is -0.338 e. The van der Waals surface area contributed by atoms with Crippen LogP contribution in [0.15, 0.2) is 0 Å². The van der Waals surface area contributed by atoms with Gasteiger partial charge in [0.25, 0.3) is 0 Å². The molecule has 0 bridgehead atoms. The second-order valence-corrected chi connectivity index (χ2v) is 5.78. The number of unbranched alkanes of at least 4 members (excludes halogenated alkanes) is 2. The zero-order valence-corrected chi connectivity index (χ0v) is 12.6. The summed E-state index contributed by atoms with van der Waals surface area (Å²) in [6.45, 7) is 6.16. The number of hydrogen-bond donors (Lipinski definition) is 1. The minimum absolute atomic E-state index is 0.160. The third kappa shape index (κ3) is 3.72. The average Bonchev–Trinajstić information content (AvgIpc) is 2.97. The fraction of sp³-hybridized carbons (Fsp3) is 0.867. The van der Waals surface area contributed by atoms with Crippen molar-refractivity contribution in [2.24, 2.45) is 0 Å². The molecule has 2 saturated heterocycles. The first-order valence-corrected chi connectivity index (χ1v) is 8.03. The normalized spacial score (nSPS) is 23.1. The van der Waals surface area contributed by atoms with Crippen LogP contribution in [0.1, 0.15) is 45.4 Å². The Balaban J connectivity index is 1.88. The predicted molar refractivity (Wildman–Crippen MR) is 78.3 cm³/mol. The average molecular weight is 281 g/mol. The van der Waals surface area contributed by atoms with E-state index in [0.717, 1.165) is 64.8 Å². The second-order valence-electron chi connectivity index (χ2n) is 5.78. The Morgan fingerprint density at radius 1 is 1.15 bits per heavy atom. The van der Waals surface area contributed by atoms with Crippen LogP contribution in [0.25, 0.3) is 0 Å². The monoisotopic (exact) mass is 281 g/mol. The van der Waals surface area contributed by atoms with E-state index in [0.29, 0.717) is 6.42 Å². The molecule has 0 spiro atoms. The summed E-state index contributed by atoms with van der Waals surface area (Å²) in [6.07, 6.45) is 5.55. The van der Waals surface area contributed by atoms with Gasteiger partial charge in [0.05, 0.1) is 0 Å². The molecule has 1 N–H and O–H groups in total. The van der Waals surface area contributed by atoms with Crippen molar-refractivity contribution in [1.82, 2.24) is 15.1 Å². The molecular weight excluding hydrogens is 254 g/mol. The summed E-state index contributed by atoms with van der Waals surface area (Å²) in [5.74, 6) is 0.331. The molecule has 114 valence electrons. The number of amides is 2. The van der Waals surface area contributed by atoms with E-state index in [9.17, 15) is 9.59 Å². The first-order chi connectivity index (χ1) is 9.74. The van der Waals surface area contributed by atoms with Crippen LogP contribution in [-0.4, -0.2) is 60.4 Å². The van der Waals surface area contributed by atoms with Gasteiger partial charge in [-0.1, -0.05) is 19.8 Å². The van der Waals surface area contributed by atoms with Crippen molar-refractivity contribution in [3.63, 3.8) is 0 Å². The number of likely N-dealkylation sites (tertiary alicyclic amines) is 1. The van der Waals surface area contributed by atoms with E-state index < -0.39 is 0 Å². The van der Waals surface area contributed by atoms with Crippen molar-refractivity contribution in [3.8, 4) is 0 Å². The Hall–Kier alpha value is -1.10. The van der Waals surface area contributed by atoms with Crippen LogP contribution in [0.2, 0.25) is 0 Å². The van der Waals surface area contributed by atoms with Gasteiger partial charge in [-0.25, -0.2) is 0 Å². The van der Waals surface area contributed by atoms with Crippen LogP contribution < -0.4 is 5.32 Å². The van der Waals surface area contributed by atoms with E-state index in [4.69, 9.17) is 0 Å². The van der Waals surface area contributed by atoms with Crippen molar-refractivity contribution in [2.75, 3.05) is 32.7 Å². The molecule has 0 aliphatic carbocycles. The lowest BCUT2D eigenvalue weighted by Crippen LogP contribution is -2.53. The van der Waals surface area contributed by atoms with Crippen LogP contribution in [0.5, 0.6) is 0 Å². The summed E-state index contributed by atoms with van der Waals surface area (Å²) in [5, 5.41) is 3.25. The van der Waals surface area contributed by atoms with Gasteiger partial charge in [-0.05, 0) is 19.3 Å². The molecule has 0 aromatic rings. The molecule has 2 fully saturated rings. The van der Waals surface area contributed by atoms with E-state index in [2.05, 4.69) is 12.2 Å². The van der Waals surface area contributed by atoms with Crippen molar-refractivity contribution < 1.29 is 9.59 Å². The highest BCUT2D eigenvalue weighted by atomic mass is 16.2. The summed E-state index contributed by atoms with van der Waals surface area (Å²) < 4.78 is 0. The van der Waals surface area contributed by atoms with Crippen molar-refractivity contribution in [3.05, 3.63) is 0 Å². The fourth-order valence-corrected chi connectivity index (χ4v) is 3.09. The molecule has 5 heteroatoms. The number of hydrogen-bond acceptors (Lipinski definition) is 3. The molecule has 0 aromatic carbocycles. The van der Waals surface area contributed by atoms with Crippen LogP contribution in [0.4, 0.5) is 0 Å². The zero-order chi connectivity index (χ0) is 14.4. The number of carbonyl (C=O) groups is 2. The van der Waals surface area contributed by atoms with Gasteiger partial charge in [-0.15, -0.1) is 0 Å². The predicted octanol–water partition coefficient (Wildman–Crippen LogP) is 0.990. The third-order valence-electron chi connectivity index (χ3n) is 4.28. The summed E-state index contributed by atoms with van der Waals surface area (Å²) in [6, 6.07) is -0.192. The van der Waals surface area contributed by atoms with Crippen molar-refractivity contribution in [1.29, 1.82) is 0 Å². The second kappa shape index (κ2) is 7.62. The Bertz CT molecular complexity index is 340. The van der Waals surface area contributed by atoms with E-state index in [-0.39, 0.29) is 17.9 Å². The maximum absolute atomic E-state index is 12.5. The molecule has 2 amide bonds. The van der Waals surface area contributed by atoms with Crippen LogP contribution in [0.3, 0.4) is 0 Å². The molecule has 0 aromatic heterocycles. The Labute approximate surface area is 121 Å². The molecule has 0 saturated carbocycles. The van der Waals surface area contributed by atoms with E-state index >= 15 is 0 Å². The molecule has 20 heavy (non-hydrogen) atoms. The lowest BCUT2D eigenvalue weighted by Gasteiger charge is -2.33. The highest BCUT2D eigenvalue weighted by molar-refractivity contribution is 5.88. The summed E-state index contributed by atoms with van der Waals surface area (Å²) >= 11 is 0. The SMILES string of the molecule is CCCCCC(=O)N1CCCC1C(=O)N1CCNCC1. The van der Waals surface area contributed by atoms with Gasteiger partial charge in [0.15, 0.2) is 0 Å². The molecule has 2 aliphatic rings.